The Labute approximate surface area is 92.2 Å². The van der Waals surface area contributed by atoms with Gasteiger partial charge in [0, 0.05) is 24.1 Å². The molecule has 0 aliphatic rings. The van der Waals surface area contributed by atoms with Gasteiger partial charge in [0.15, 0.2) is 0 Å². The molecule has 0 fully saturated rings. The van der Waals surface area contributed by atoms with E-state index < -0.39 is 15.4 Å². The van der Waals surface area contributed by atoms with Crippen LogP contribution < -0.4 is 5.73 Å². The smallest absolute Gasteiger partial charge is 0.150 e. The lowest BCUT2D eigenvalue weighted by atomic mass is 9.97. The van der Waals surface area contributed by atoms with Gasteiger partial charge < -0.3 is 5.73 Å². The van der Waals surface area contributed by atoms with Crippen molar-refractivity contribution in [1.82, 2.24) is 0 Å². The van der Waals surface area contributed by atoms with Crippen molar-refractivity contribution in [2.75, 3.05) is 11.5 Å². The average molecular weight is 235 g/mol. The van der Waals surface area contributed by atoms with Crippen LogP contribution in [-0.2, 0) is 14.6 Å². The molecule has 0 unspecified atom stereocenters. The molecule has 0 saturated heterocycles. The largest absolute Gasteiger partial charge is 0.325 e. The minimum atomic E-state index is -2.94. The van der Waals surface area contributed by atoms with E-state index in [0.29, 0.717) is 19.3 Å². The Hall–Kier alpha value is -0.420. The van der Waals surface area contributed by atoms with E-state index in [1.165, 1.54) is 0 Å². The zero-order valence-electron chi connectivity index (χ0n) is 9.75. The molecule has 0 bridgehead atoms. The van der Waals surface area contributed by atoms with Crippen molar-refractivity contribution in [2.45, 2.75) is 45.6 Å². The first-order valence-corrected chi connectivity index (χ1v) is 6.99. The Kier molecular flexibility index (Phi) is 5.45. The molecule has 0 aliphatic carbocycles. The third kappa shape index (κ3) is 8.57. The van der Waals surface area contributed by atoms with Crippen LogP contribution in [0.5, 0.6) is 0 Å². The number of hydrogen-bond acceptors (Lipinski definition) is 4. The minimum absolute atomic E-state index is 0.0359. The highest BCUT2D eigenvalue weighted by Gasteiger charge is 2.16. The molecule has 0 atom stereocenters. The highest BCUT2D eigenvalue weighted by atomic mass is 32.2. The highest BCUT2D eigenvalue weighted by molar-refractivity contribution is 7.91. The molecule has 0 aliphatic heterocycles. The molecule has 5 heteroatoms. The second-order valence-corrected chi connectivity index (χ2v) is 7.02. The number of Topliss-reactive ketones (excluding diaryl/α,β-unsaturated/α-hetero) is 1. The zero-order chi connectivity index (χ0) is 12.1. The van der Waals surface area contributed by atoms with Gasteiger partial charge in [-0.1, -0.05) is 6.92 Å². The molecule has 0 rings (SSSR count). The van der Waals surface area contributed by atoms with E-state index in [1.807, 2.05) is 0 Å². The number of nitrogens with two attached hydrogens (primary N) is 1. The van der Waals surface area contributed by atoms with E-state index in [9.17, 15) is 13.2 Å². The maximum atomic E-state index is 11.4. The molecule has 4 nitrogen and oxygen atoms in total. The van der Waals surface area contributed by atoms with E-state index in [-0.39, 0.29) is 17.3 Å². The fourth-order valence-electron chi connectivity index (χ4n) is 1.23. The maximum absolute atomic E-state index is 11.4. The standard InChI is InChI=1S/C10H21NO3S/c1-4-15(13,14)7-5-6-9(12)8-10(2,3)11/h4-8,11H2,1-3H3. The Morgan fingerprint density at radius 3 is 2.27 bits per heavy atom. The lowest BCUT2D eigenvalue weighted by Crippen LogP contribution is -2.34. The van der Waals surface area contributed by atoms with E-state index in [2.05, 4.69) is 0 Å². The van der Waals surface area contributed by atoms with Crippen molar-refractivity contribution in [3.8, 4) is 0 Å². The first-order chi connectivity index (χ1) is 6.66. The molecule has 0 radical (unpaired) electrons. The van der Waals surface area contributed by atoms with Crippen LogP contribution >= 0.6 is 0 Å². The maximum Gasteiger partial charge on any atom is 0.150 e. The molecule has 0 saturated carbocycles. The normalized spacial score (nSPS) is 12.8. The van der Waals surface area contributed by atoms with Crippen molar-refractivity contribution >= 4 is 15.6 Å². The number of carbonyl (C=O) groups excluding carboxylic acids is 1. The SMILES string of the molecule is CCS(=O)(=O)CCCC(=O)CC(C)(C)N. The summed E-state index contributed by atoms with van der Waals surface area (Å²) in [5, 5.41) is 0. The second kappa shape index (κ2) is 5.61. The van der Waals surface area contributed by atoms with Crippen molar-refractivity contribution < 1.29 is 13.2 Å². The lowest BCUT2D eigenvalue weighted by Gasteiger charge is -2.16. The van der Waals surface area contributed by atoms with Crippen molar-refractivity contribution in [1.29, 1.82) is 0 Å². The predicted molar refractivity (Wildman–Crippen MR) is 61.5 cm³/mol. The van der Waals surface area contributed by atoms with Gasteiger partial charge in [0.05, 0.1) is 5.75 Å². The van der Waals surface area contributed by atoms with Gasteiger partial charge >= 0.3 is 0 Å². The summed E-state index contributed by atoms with van der Waals surface area (Å²) in [6, 6.07) is 0. The van der Waals surface area contributed by atoms with Crippen LogP contribution in [0.4, 0.5) is 0 Å². The number of sulfone groups is 1. The molecule has 0 aromatic carbocycles. The number of hydrogen-bond donors (Lipinski definition) is 1. The summed E-state index contributed by atoms with van der Waals surface area (Å²) in [6.07, 6.45) is 1.02. The zero-order valence-corrected chi connectivity index (χ0v) is 10.6. The first-order valence-electron chi connectivity index (χ1n) is 5.17. The molecule has 0 spiro atoms. The van der Waals surface area contributed by atoms with Gasteiger partial charge in [0.1, 0.15) is 15.6 Å². The summed E-state index contributed by atoms with van der Waals surface area (Å²) < 4.78 is 22.3. The molecule has 0 aromatic heterocycles. The molecule has 0 amide bonds. The Balaban J connectivity index is 3.84. The number of carbonyl (C=O) groups is 1. The van der Waals surface area contributed by atoms with E-state index >= 15 is 0 Å². The molecular weight excluding hydrogens is 214 g/mol. The molecule has 0 heterocycles. The van der Waals surface area contributed by atoms with E-state index in [1.54, 1.807) is 20.8 Å². The van der Waals surface area contributed by atoms with Gasteiger partial charge in [-0.25, -0.2) is 8.42 Å². The highest BCUT2D eigenvalue weighted by Crippen LogP contribution is 2.08. The molecule has 2 N–H and O–H groups in total. The van der Waals surface area contributed by atoms with Crippen molar-refractivity contribution in [3.05, 3.63) is 0 Å². The van der Waals surface area contributed by atoms with Crippen molar-refractivity contribution in [2.24, 2.45) is 5.73 Å². The van der Waals surface area contributed by atoms with Gasteiger partial charge in [-0.2, -0.15) is 0 Å². The van der Waals surface area contributed by atoms with Gasteiger partial charge in [-0.05, 0) is 20.3 Å². The van der Waals surface area contributed by atoms with E-state index in [0.717, 1.165) is 0 Å². The number of ketones is 1. The third-order valence-corrected chi connectivity index (χ3v) is 3.79. The minimum Gasteiger partial charge on any atom is -0.325 e. The van der Waals surface area contributed by atoms with Gasteiger partial charge in [-0.3, -0.25) is 4.79 Å². The van der Waals surface area contributed by atoms with Crippen LogP contribution in [0.3, 0.4) is 0 Å². The van der Waals surface area contributed by atoms with Gasteiger partial charge in [0.2, 0.25) is 0 Å². The lowest BCUT2D eigenvalue weighted by molar-refractivity contribution is -0.119. The Morgan fingerprint density at radius 1 is 1.33 bits per heavy atom. The summed E-state index contributed by atoms with van der Waals surface area (Å²) >= 11 is 0. The van der Waals surface area contributed by atoms with Crippen LogP contribution in [-0.4, -0.2) is 31.2 Å². The summed E-state index contributed by atoms with van der Waals surface area (Å²) in [5.74, 6) is 0.276. The van der Waals surface area contributed by atoms with Crippen LogP contribution in [0.1, 0.15) is 40.0 Å². The number of rotatable bonds is 7. The molecule has 0 aromatic rings. The molecule has 90 valence electrons. The second-order valence-electron chi connectivity index (χ2n) is 4.54. The summed E-state index contributed by atoms with van der Waals surface area (Å²) in [4.78, 5) is 11.4. The Bertz CT molecular complexity index is 301. The first kappa shape index (κ1) is 14.6. The average Bonchev–Trinajstić information content (AvgIpc) is 2.00. The quantitative estimate of drug-likeness (QED) is 0.711. The van der Waals surface area contributed by atoms with Gasteiger partial charge in [0.25, 0.3) is 0 Å². The predicted octanol–water partition coefficient (Wildman–Crippen LogP) is 0.898. The fraction of sp³-hybridized carbons (Fsp3) is 0.900. The monoisotopic (exact) mass is 235 g/mol. The topological polar surface area (TPSA) is 77.2 Å². The summed E-state index contributed by atoms with van der Waals surface area (Å²) in [7, 11) is -2.94. The summed E-state index contributed by atoms with van der Waals surface area (Å²) in [6.45, 7) is 5.18. The van der Waals surface area contributed by atoms with Crippen molar-refractivity contribution in [3.63, 3.8) is 0 Å². The summed E-state index contributed by atoms with van der Waals surface area (Å²) in [5.41, 5.74) is 5.18. The fourth-order valence-corrected chi connectivity index (χ4v) is 2.10. The Morgan fingerprint density at radius 2 is 1.87 bits per heavy atom. The molecular formula is C10H21NO3S. The third-order valence-electron chi connectivity index (χ3n) is 2.00. The van der Waals surface area contributed by atoms with E-state index in [4.69, 9.17) is 5.73 Å². The van der Waals surface area contributed by atoms with Crippen LogP contribution in [0, 0.1) is 0 Å². The van der Waals surface area contributed by atoms with Crippen LogP contribution in [0.2, 0.25) is 0 Å². The van der Waals surface area contributed by atoms with Crippen LogP contribution in [0.25, 0.3) is 0 Å². The molecule has 15 heavy (non-hydrogen) atoms. The van der Waals surface area contributed by atoms with Crippen LogP contribution in [0.15, 0.2) is 0 Å². The van der Waals surface area contributed by atoms with Gasteiger partial charge in [-0.15, -0.1) is 0 Å².